The van der Waals surface area contributed by atoms with Crippen molar-refractivity contribution in [1.29, 1.82) is 0 Å². The molecule has 0 saturated heterocycles. The summed E-state index contributed by atoms with van der Waals surface area (Å²) in [4.78, 5) is 7.90. The van der Waals surface area contributed by atoms with Gasteiger partial charge in [0.25, 0.3) is 0 Å². The molecule has 0 aromatic heterocycles. The maximum absolute atomic E-state index is 3.66. The average Bonchev–Trinajstić information content (AvgIpc) is 2.49. The van der Waals surface area contributed by atoms with Crippen LogP contribution in [0.25, 0.3) is 0 Å². The third kappa shape index (κ3) is 3.65. The third-order valence-corrected chi connectivity index (χ3v) is 40.4. The van der Waals surface area contributed by atoms with E-state index >= 15 is 0 Å². The summed E-state index contributed by atoms with van der Waals surface area (Å²) in [5.74, 6) is 0. The fourth-order valence-electron chi connectivity index (χ4n) is 3.47. The summed E-state index contributed by atoms with van der Waals surface area (Å²) < 4.78 is 0. The van der Waals surface area contributed by atoms with Gasteiger partial charge in [-0.05, 0) is 0 Å². The molecule has 2 aromatic carbocycles. The monoisotopic (exact) mass is 468 g/mol. The van der Waals surface area contributed by atoms with Gasteiger partial charge in [-0.2, -0.15) is 0 Å². The van der Waals surface area contributed by atoms with Gasteiger partial charge in [0.15, 0.2) is 0 Å². The van der Waals surface area contributed by atoms with Crippen LogP contribution in [0.4, 0.5) is 0 Å². The van der Waals surface area contributed by atoms with Crippen LogP contribution >= 0.6 is 15.9 Å². The summed E-state index contributed by atoms with van der Waals surface area (Å²) >= 11 is 1.49. The van der Waals surface area contributed by atoms with Gasteiger partial charge in [0.1, 0.15) is 0 Å². The summed E-state index contributed by atoms with van der Waals surface area (Å²) in [5.41, 5.74) is -1.59. The zero-order valence-corrected chi connectivity index (χ0v) is 18.7. The van der Waals surface area contributed by atoms with E-state index in [4.69, 9.17) is 0 Å². The Balaban J connectivity index is 2.66. The van der Waals surface area contributed by atoms with E-state index < -0.39 is 23.2 Å². The summed E-state index contributed by atoms with van der Waals surface area (Å²) in [5, 5.41) is 4.42. The molecule has 0 nitrogen and oxygen atoms in total. The Morgan fingerprint density at radius 1 is 0.810 bits per heavy atom. The molecule has 0 saturated carbocycles. The summed E-state index contributed by atoms with van der Waals surface area (Å²) in [6.45, 7) is 0. The molecular formula is C18H25BrSiSn. The molecule has 0 unspecified atom stereocenters. The first-order chi connectivity index (χ1) is 10.0. The van der Waals surface area contributed by atoms with Crippen LogP contribution in [0, 0.1) is 0 Å². The summed E-state index contributed by atoms with van der Waals surface area (Å²) in [6, 6.07) is 24.2. The Hall–Kier alpha value is -0.0644. The van der Waals surface area contributed by atoms with Crippen LogP contribution in [0.15, 0.2) is 60.7 Å². The van der Waals surface area contributed by atoms with E-state index in [9.17, 15) is 0 Å². The van der Waals surface area contributed by atoms with Crippen LogP contribution < -0.4 is 10.4 Å². The molecule has 0 aliphatic heterocycles. The molecule has 0 atom stereocenters. The van der Waals surface area contributed by atoms with E-state index in [1.807, 2.05) is 0 Å². The minimum atomic E-state index is -2.17. The number of alkyl halides is 1. The van der Waals surface area contributed by atoms with Gasteiger partial charge in [0.05, 0.1) is 0 Å². The molecule has 0 fully saturated rings. The Kier molecular flexibility index (Phi) is 6.15. The normalized spacial score (nSPS) is 12.4. The van der Waals surface area contributed by atoms with Gasteiger partial charge in [-0.25, -0.2) is 0 Å². The molecular weight excluding hydrogens is 443 g/mol. The standard InChI is InChI=1S/C15H16BrSi.3CH3.Sn/c16-12-7-13-17(14-8-3-1-4-9-14)15-10-5-2-6-11-15;;;;/h1-6,8-11H,7,12-13H2;3*1H3;. The molecule has 3 heteroatoms. The van der Waals surface area contributed by atoms with Crippen molar-refractivity contribution in [1.82, 2.24) is 0 Å². The Morgan fingerprint density at radius 2 is 1.24 bits per heavy atom. The molecule has 0 amide bonds. The summed E-state index contributed by atoms with van der Waals surface area (Å²) in [7, 11) is 0. The van der Waals surface area contributed by atoms with Crippen molar-refractivity contribution in [3.05, 3.63) is 60.7 Å². The molecule has 0 bridgehead atoms. The predicted octanol–water partition coefficient (Wildman–Crippen LogP) is 4.45. The van der Waals surface area contributed by atoms with Gasteiger partial charge in [-0.1, -0.05) is 0 Å². The van der Waals surface area contributed by atoms with E-state index in [-0.39, 0.29) is 0 Å². The SMILES string of the molecule is [CH3][Sn]([CH3])([CH3])[Si](CCCBr)(c1ccccc1)c1ccccc1. The van der Waals surface area contributed by atoms with Gasteiger partial charge < -0.3 is 0 Å². The fraction of sp³-hybridized carbons (Fsp3) is 0.333. The molecule has 0 aliphatic rings. The Labute approximate surface area is 142 Å². The average molecular weight is 468 g/mol. The van der Waals surface area contributed by atoms with Crippen LogP contribution in [0.5, 0.6) is 0 Å². The zero-order chi connectivity index (χ0) is 15.3. The van der Waals surface area contributed by atoms with Gasteiger partial charge >= 0.3 is 143 Å². The summed E-state index contributed by atoms with van der Waals surface area (Å²) in [6.07, 6.45) is 1.28. The van der Waals surface area contributed by atoms with Crippen molar-refractivity contribution < 1.29 is 0 Å². The molecule has 0 spiro atoms. The van der Waals surface area contributed by atoms with E-state index in [2.05, 4.69) is 91.4 Å². The maximum atomic E-state index is 3.66. The molecule has 0 heterocycles. The Morgan fingerprint density at radius 3 is 1.57 bits per heavy atom. The van der Waals surface area contributed by atoms with Crippen LogP contribution in [-0.2, 0) is 0 Å². The first-order valence-corrected chi connectivity index (χ1v) is 23.9. The number of hydrogen-bond donors (Lipinski definition) is 0. The fourth-order valence-corrected chi connectivity index (χ4v) is 35.5. The third-order valence-electron chi connectivity index (χ3n) is 4.50. The molecule has 0 aliphatic carbocycles. The molecule has 0 N–H and O–H groups in total. The van der Waals surface area contributed by atoms with Gasteiger partial charge in [0.2, 0.25) is 0 Å². The number of rotatable bonds is 6. The van der Waals surface area contributed by atoms with Crippen LogP contribution in [0.1, 0.15) is 6.42 Å². The molecule has 0 radical (unpaired) electrons. The van der Waals surface area contributed by atoms with E-state index in [0.717, 1.165) is 5.33 Å². The van der Waals surface area contributed by atoms with Crippen LogP contribution in [0.3, 0.4) is 0 Å². The van der Waals surface area contributed by atoms with Gasteiger partial charge in [0, 0.05) is 0 Å². The van der Waals surface area contributed by atoms with Crippen LogP contribution in [-0.4, -0.2) is 28.5 Å². The number of benzene rings is 2. The van der Waals surface area contributed by atoms with E-state index in [0.29, 0.717) is 0 Å². The van der Waals surface area contributed by atoms with Crippen LogP contribution in [0.2, 0.25) is 20.9 Å². The molecule has 112 valence electrons. The second kappa shape index (κ2) is 7.47. The second-order valence-electron chi connectivity index (χ2n) is 6.68. The van der Waals surface area contributed by atoms with Gasteiger partial charge in [-0.15, -0.1) is 0 Å². The van der Waals surface area contributed by atoms with Crippen molar-refractivity contribution >= 4 is 49.5 Å². The topological polar surface area (TPSA) is 0 Å². The number of halogens is 1. The van der Waals surface area contributed by atoms with E-state index in [1.54, 1.807) is 10.4 Å². The van der Waals surface area contributed by atoms with Crippen molar-refractivity contribution in [2.75, 3.05) is 5.33 Å². The second-order valence-corrected chi connectivity index (χ2v) is 41.2. The first-order valence-electron chi connectivity index (χ1n) is 7.69. The molecule has 2 aromatic rings. The van der Waals surface area contributed by atoms with Gasteiger partial charge in [-0.3, -0.25) is 0 Å². The quantitative estimate of drug-likeness (QED) is 0.435. The number of hydrogen-bond acceptors (Lipinski definition) is 0. The van der Waals surface area contributed by atoms with Crippen molar-refractivity contribution in [2.45, 2.75) is 27.3 Å². The molecule has 2 rings (SSSR count). The first kappa shape index (κ1) is 17.3. The van der Waals surface area contributed by atoms with Crippen molar-refractivity contribution in [2.24, 2.45) is 0 Å². The molecule has 21 heavy (non-hydrogen) atoms. The predicted molar refractivity (Wildman–Crippen MR) is 104 cm³/mol. The Bertz CT molecular complexity index is 509. The zero-order valence-electron chi connectivity index (χ0n) is 13.3. The minimum absolute atomic E-state index is 1.11. The van der Waals surface area contributed by atoms with Crippen molar-refractivity contribution in [3.63, 3.8) is 0 Å². The van der Waals surface area contributed by atoms with Crippen molar-refractivity contribution in [3.8, 4) is 0 Å². The van der Waals surface area contributed by atoms with E-state index in [1.165, 1.54) is 12.5 Å².